The summed E-state index contributed by atoms with van der Waals surface area (Å²) in [6, 6.07) is 0. The van der Waals surface area contributed by atoms with E-state index in [1.54, 1.807) is 0 Å². The van der Waals surface area contributed by atoms with Crippen LogP contribution in [0.25, 0.3) is 0 Å². The highest BCUT2D eigenvalue weighted by Crippen LogP contribution is 2.14. The standard InChI is InChI=1S/C7H15NSi/c1-9(2,3)8-6-4-5-7-8/h4,6H,5,7H2,1-3H3. The van der Waals surface area contributed by atoms with Crippen LogP contribution in [0.5, 0.6) is 0 Å². The summed E-state index contributed by atoms with van der Waals surface area (Å²) in [5.41, 5.74) is 0. The lowest BCUT2D eigenvalue weighted by atomic mass is 10.5. The third-order valence-electron chi connectivity index (χ3n) is 1.68. The first-order valence-electron chi connectivity index (χ1n) is 3.54. The van der Waals surface area contributed by atoms with Crippen LogP contribution in [0.2, 0.25) is 19.6 Å². The zero-order valence-corrected chi connectivity index (χ0v) is 7.52. The van der Waals surface area contributed by atoms with Crippen molar-refractivity contribution in [1.82, 2.24) is 4.57 Å². The molecule has 0 radical (unpaired) electrons. The molecule has 0 fully saturated rings. The van der Waals surface area contributed by atoms with Gasteiger partial charge in [0, 0.05) is 6.54 Å². The topological polar surface area (TPSA) is 3.24 Å². The van der Waals surface area contributed by atoms with Crippen LogP contribution in [-0.2, 0) is 0 Å². The summed E-state index contributed by atoms with van der Waals surface area (Å²) in [4.78, 5) is 0. The third kappa shape index (κ3) is 1.58. The Kier molecular flexibility index (Phi) is 1.66. The van der Waals surface area contributed by atoms with Crippen molar-refractivity contribution in [3.63, 3.8) is 0 Å². The van der Waals surface area contributed by atoms with Crippen LogP contribution in [0.1, 0.15) is 6.42 Å². The summed E-state index contributed by atoms with van der Waals surface area (Å²) >= 11 is 0. The van der Waals surface area contributed by atoms with Gasteiger partial charge in [0.15, 0.2) is 0 Å². The van der Waals surface area contributed by atoms with Crippen molar-refractivity contribution in [2.24, 2.45) is 0 Å². The lowest BCUT2D eigenvalue weighted by Crippen LogP contribution is -2.40. The van der Waals surface area contributed by atoms with Gasteiger partial charge in [-0.05, 0) is 12.6 Å². The number of nitrogens with zero attached hydrogens (tertiary/aromatic N) is 1. The van der Waals surface area contributed by atoms with Crippen molar-refractivity contribution in [2.45, 2.75) is 26.1 Å². The van der Waals surface area contributed by atoms with Gasteiger partial charge in [0.1, 0.15) is 8.24 Å². The maximum Gasteiger partial charge on any atom is 0.146 e. The zero-order chi connectivity index (χ0) is 6.91. The Morgan fingerprint density at radius 2 is 2.00 bits per heavy atom. The molecule has 0 aromatic carbocycles. The molecule has 9 heavy (non-hydrogen) atoms. The van der Waals surface area contributed by atoms with Crippen molar-refractivity contribution in [1.29, 1.82) is 0 Å². The summed E-state index contributed by atoms with van der Waals surface area (Å²) in [6.45, 7) is 8.39. The van der Waals surface area contributed by atoms with E-state index >= 15 is 0 Å². The largest absolute Gasteiger partial charge is 0.404 e. The molecule has 0 N–H and O–H groups in total. The molecule has 0 unspecified atom stereocenters. The van der Waals surface area contributed by atoms with E-state index in [2.05, 4.69) is 36.5 Å². The van der Waals surface area contributed by atoms with Crippen LogP contribution >= 0.6 is 0 Å². The Bertz CT molecular complexity index is 123. The summed E-state index contributed by atoms with van der Waals surface area (Å²) in [6.07, 6.45) is 5.77. The molecule has 0 amide bonds. The van der Waals surface area contributed by atoms with Crippen molar-refractivity contribution >= 4 is 8.24 Å². The molecular formula is C7H15NSi. The number of rotatable bonds is 1. The molecule has 0 aliphatic carbocycles. The predicted molar refractivity (Wildman–Crippen MR) is 43.8 cm³/mol. The van der Waals surface area contributed by atoms with Crippen LogP contribution in [0.15, 0.2) is 12.3 Å². The van der Waals surface area contributed by atoms with Crippen LogP contribution in [0.3, 0.4) is 0 Å². The normalized spacial score (nSPS) is 19.2. The Balaban J connectivity index is 2.53. The van der Waals surface area contributed by atoms with Gasteiger partial charge in [0.25, 0.3) is 0 Å². The maximum atomic E-state index is 2.51. The van der Waals surface area contributed by atoms with E-state index in [0.717, 1.165) is 0 Å². The molecule has 0 atom stereocenters. The highest BCUT2D eigenvalue weighted by molar-refractivity contribution is 6.73. The minimum Gasteiger partial charge on any atom is -0.404 e. The fourth-order valence-electron chi connectivity index (χ4n) is 1.05. The second-order valence-electron chi connectivity index (χ2n) is 3.54. The van der Waals surface area contributed by atoms with Crippen LogP contribution in [-0.4, -0.2) is 19.3 Å². The molecule has 1 aliphatic rings. The minimum absolute atomic E-state index is 0.978. The molecular weight excluding hydrogens is 126 g/mol. The Morgan fingerprint density at radius 1 is 1.33 bits per heavy atom. The van der Waals surface area contributed by atoms with E-state index in [1.165, 1.54) is 13.0 Å². The van der Waals surface area contributed by atoms with E-state index in [0.29, 0.717) is 0 Å². The lowest BCUT2D eigenvalue weighted by molar-refractivity contribution is 0.606. The van der Waals surface area contributed by atoms with Crippen LogP contribution < -0.4 is 0 Å². The van der Waals surface area contributed by atoms with Gasteiger partial charge in [0.2, 0.25) is 0 Å². The van der Waals surface area contributed by atoms with Crippen LogP contribution in [0, 0.1) is 0 Å². The lowest BCUT2D eigenvalue weighted by Gasteiger charge is -2.29. The molecule has 1 rings (SSSR count). The SMILES string of the molecule is C[Si](C)(C)N1C=CCC1. The molecule has 0 spiro atoms. The van der Waals surface area contributed by atoms with E-state index in [1.807, 2.05) is 0 Å². The quantitative estimate of drug-likeness (QED) is 0.505. The van der Waals surface area contributed by atoms with Gasteiger partial charge in [-0.2, -0.15) is 0 Å². The molecule has 0 aromatic heterocycles. The second kappa shape index (κ2) is 2.18. The molecule has 1 aliphatic heterocycles. The summed E-state index contributed by atoms with van der Waals surface area (Å²) in [5, 5.41) is 0. The number of hydrogen-bond donors (Lipinski definition) is 0. The fraction of sp³-hybridized carbons (Fsp3) is 0.714. The highest BCUT2D eigenvalue weighted by Gasteiger charge is 2.21. The fourth-order valence-corrected chi connectivity index (χ4v) is 2.40. The highest BCUT2D eigenvalue weighted by atomic mass is 28.3. The predicted octanol–water partition coefficient (Wildman–Crippen LogP) is 2.04. The van der Waals surface area contributed by atoms with E-state index in [4.69, 9.17) is 0 Å². The van der Waals surface area contributed by atoms with Gasteiger partial charge in [-0.3, -0.25) is 0 Å². The molecule has 0 saturated carbocycles. The van der Waals surface area contributed by atoms with Crippen molar-refractivity contribution in [3.8, 4) is 0 Å². The first-order chi connectivity index (χ1) is 4.11. The van der Waals surface area contributed by atoms with E-state index in [9.17, 15) is 0 Å². The van der Waals surface area contributed by atoms with Gasteiger partial charge in [0.05, 0.1) is 0 Å². The van der Waals surface area contributed by atoms with Gasteiger partial charge in [-0.1, -0.05) is 25.7 Å². The van der Waals surface area contributed by atoms with Crippen molar-refractivity contribution in [3.05, 3.63) is 12.3 Å². The summed E-state index contributed by atoms with van der Waals surface area (Å²) in [7, 11) is -0.978. The first kappa shape index (κ1) is 6.87. The maximum absolute atomic E-state index is 2.51. The first-order valence-corrected chi connectivity index (χ1v) is 6.99. The third-order valence-corrected chi connectivity index (χ3v) is 3.78. The van der Waals surface area contributed by atoms with E-state index < -0.39 is 8.24 Å². The molecule has 2 heteroatoms. The van der Waals surface area contributed by atoms with Gasteiger partial charge >= 0.3 is 0 Å². The molecule has 1 nitrogen and oxygen atoms in total. The Labute approximate surface area is 58.5 Å². The molecule has 0 bridgehead atoms. The monoisotopic (exact) mass is 141 g/mol. The molecule has 0 aromatic rings. The Morgan fingerprint density at radius 3 is 2.22 bits per heavy atom. The number of hydrogen-bond acceptors (Lipinski definition) is 1. The Hall–Kier alpha value is -0.243. The van der Waals surface area contributed by atoms with Gasteiger partial charge < -0.3 is 4.57 Å². The van der Waals surface area contributed by atoms with Gasteiger partial charge in [-0.25, -0.2) is 0 Å². The van der Waals surface area contributed by atoms with E-state index in [-0.39, 0.29) is 0 Å². The average molecular weight is 141 g/mol. The van der Waals surface area contributed by atoms with Crippen molar-refractivity contribution < 1.29 is 0 Å². The van der Waals surface area contributed by atoms with Gasteiger partial charge in [-0.15, -0.1) is 0 Å². The summed E-state index contributed by atoms with van der Waals surface area (Å²) < 4.78 is 2.51. The smallest absolute Gasteiger partial charge is 0.146 e. The van der Waals surface area contributed by atoms with Crippen LogP contribution in [0.4, 0.5) is 0 Å². The zero-order valence-electron chi connectivity index (χ0n) is 6.52. The molecule has 0 saturated heterocycles. The average Bonchev–Trinajstić information content (AvgIpc) is 2.08. The summed E-state index contributed by atoms with van der Waals surface area (Å²) in [5.74, 6) is 0. The molecule has 52 valence electrons. The van der Waals surface area contributed by atoms with Crippen molar-refractivity contribution in [2.75, 3.05) is 6.54 Å². The second-order valence-corrected chi connectivity index (χ2v) is 8.45. The molecule has 1 heterocycles. The minimum atomic E-state index is -0.978.